The Morgan fingerprint density at radius 2 is 1.70 bits per heavy atom. The SMILES string of the molecule is CC(=O)N(CCC(=O)Nc1ccc(N2CCN(C)CC2)cc1)C1CCCC1. The number of carbonyl (C=O) groups is 2. The number of benzene rings is 1. The van der Waals surface area contributed by atoms with Gasteiger partial charge in [0.25, 0.3) is 0 Å². The van der Waals surface area contributed by atoms with Crippen LogP contribution in [0.5, 0.6) is 0 Å². The fraction of sp³-hybridized carbons (Fsp3) is 0.619. The highest BCUT2D eigenvalue weighted by molar-refractivity contribution is 5.91. The van der Waals surface area contributed by atoms with Crippen molar-refractivity contribution in [2.75, 3.05) is 50.0 Å². The topological polar surface area (TPSA) is 55.9 Å². The molecule has 1 aromatic carbocycles. The summed E-state index contributed by atoms with van der Waals surface area (Å²) in [5.74, 6) is 0.0397. The molecular weight excluding hydrogens is 340 g/mol. The van der Waals surface area contributed by atoms with Gasteiger partial charge in [0.2, 0.25) is 11.8 Å². The summed E-state index contributed by atoms with van der Waals surface area (Å²) in [6.45, 7) is 6.32. The largest absolute Gasteiger partial charge is 0.369 e. The van der Waals surface area contributed by atoms with Gasteiger partial charge >= 0.3 is 0 Å². The van der Waals surface area contributed by atoms with Crippen LogP contribution in [-0.2, 0) is 9.59 Å². The predicted octanol–water partition coefficient (Wildman–Crippen LogP) is 2.56. The second kappa shape index (κ2) is 9.22. The lowest BCUT2D eigenvalue weighted by Gasteiger charge is -2.34. The average molecular weight is 373 g/mol. The van der Waals surface area contributed by atoms with Crippen LogP contribution in [0.15, 0.2) is 24.3 Å². The van der Waals surface area contributed by atoms with E-state index in [9.17, 15) is 9.59 Å². The van der Waals surface area contributed by atoms with Crippen LogP contribution in [0.25, 0.3) is 0 Å². The van der Waals surface area contributed by atoms with Crippen molar-refractivity contribution in [3.05, 3.63) is 24.3 Å². The number of hydrogen-bond acceptors (Lipinski definition) is 4. The Morgan fingerprint density at radius 3 is 2.30 bits per heavy atom. The maximum absolute atomic E-state index is 12.3. The van der Waals surface area contributed by atoms with Gasteiger partial charge in [0.15, 0.2) is 0 Å². The highest BCUT2D eigenvalue weighted by Gasteiger charge is 2.24. The third-order valence-electron chi connectivity index (χ3n) is 5.77. The van der Waals surface area contributed by atoms with Crippen molar-refractivity contribution in [3.8, 4) is 0 Å². The molecular formula is C21H32N4O2. The molecule has 2 aliphatic rings. The first-order valence-electron chi connectivity index (χ1n) is 10.1. The van der Waals surface area contributed by atoms with Gasteiger partial charge in [0.1, 0.15) is 0 Å². The molecule has 0 bridgehead atoms. The zero-order chi connectivity index (χ0) is 19.2. The molecule has 0 atom stereocenters. The van der Waals surface area contributed by atoms with Crippen LogP contribution in [0.4, 0.5) is 11.4 Å². The van der Waals surface area contributed by atoms with Crippen LogP contribution in [0.1, 0.15) is 39.0 Å². The minimum atomic E-state index is -0.0356. The van der Waals surface area contributed by atoms with Crippen LogP contribution in [0, 0.1) is 0 Å². The van der Waals surface area contributed by atoms with E-state index in [2.05, 4.69) is 34.3 Å². The molecule has 0 radical (unpaired) electrons. The lowest BCUT2D eigenvalue weighted by atomic mass is 10.2. The van der Waals surface area contributed by atoms with Crippen molar-refractivity contribution in [1.29, 1.82) is 0 Å². The molecule has 0 unspecified atom stereocenters. The zero-order valence-electron chi connectivity index (χ0n) is 16.6. The standard InChI is InChI=1S/C21H32N4O2/c1-17(26)25(20-5-3-4-6-20)12-11-21(27)22-18-7-9-19(10-8-18)24-15-13-23(2)14-16-24/h7-10,20H,3-6,11-16H2,1-2H3,(H,22,27). The van der Waals surface area contributed by atoms with Crippen molar-refractivity contribution in [1.82, 2.24) is 9.80 Å². The van der Waals surface area contributed by atoms with E-state index in [1.165, 1.54) is 18.5 Å². The second-order valence-corrected chi connectivity index (χ2v) is 7.79. The Kier molecular flexibility index (Phi) is 6.72. The third-order valence-corrected chi connectivity index (χ3v) is 5.77. The highest BCUT2D eigenvalue weighted by atomic mass is 16.2. The Labute approximate surface area is 162 Å². The first-order chi connectivity index (χ1) is 13.0. The van der Waals surface area contributed by atoms with E-state index in [0.29, 0.717) is 19.0 Å². The Hall–Kier alpha value is -2.08. The van der Waals surface area contributed by atoms with E-state index in [1.807, 2.05) is 17.0 Å². The van der Waals surface area contributed by atoms with Crippen molar-refractivity contribution < 1.29 is 9.59 Å². The summed E-state index contributed by atoms with van der Waals surface area (Å²) < 4.78 is 0. The minimum Gasteiger partial charge on any atom is -0.369 e. The molecule has 6 heteroatoms. The van der Waals surface area contributed by atoms with Crippen molar-refractivity contribution >= 4 is 23.2 Å². The molecule has 1 saturated carbocycles. The summed E-state index contributed by atoms with van der Waals surface area (Å²) >= 11 is 0. The smallest absolute Gasteiger partial charge is 0.226 e. The van der Waals surface area contributed by atoms with E-state index in [1.54, 1.807) is 6.92 Å². The molecule has 1 aliphatic carbocycles. The highest BCUT2D eigenvalue weighted by Crippen LogP contribution is 2.24. The summed E-state index contributed by atoms with van der Waals surface area (Å²) in [6, 6.07) is 8.39. The molecule has 1 heterocycles. The molecule has 2 fully saturated rings. The molecule has 6 nitrogen and oxygen atoms in total. The fourth-order valence-corrected chi connectivity index (χ4v) is 4.08. The van der Waals surface area contributed by atoms with Crippen LogP contribution in [-0.4, -0.2) is 67.4 Å². The number of anilines is 2. The molecule has 1 aliphatic heterocycles. The van der Waals surface area contributed by atoms with E-state index in [-0.39, 0.29) is 11.8 Å². The second-order valence-electron chi connectivity index (χ2n) is 7.79. The molecule has 2 amide bonds. The van der Waals surface area contributed by atoms with Crippen LogP contribution >= 0.6 is 0 Å². The van der Waals surface area contributed by atoms with Gasteiger partial charge in [-0.25, -0.2) is 0 Å². The van der Waals surface area contributed by atoms with Gasteiger partial charge in [-0.3, -0.25) is 9.59 Å². The quantitative estimate of drug-likeness (QED) is 0.834. The first kappa shape index (κ1) is 19.7. The lowest BCUT2D eigenvalue weighted by molar-refractivity contribution is -0.131. The minimum absolute atomic E-state index is 0.0356. The van der Waals surface area contributed by atoms with E-state index in [4.69, 9.17) is 0 Å². The van der Waals surface area contributed by atoms with Gasteiger partial charge in [0.05, 0.1) is 0 Å². The summed E-state index contributed by atoms with van der Waals surface area (Å²) in [5.41, 5.74) is 2.01. The Bertz CT molecular complexity index is 632. The normalized spacial score (nSPS) is 18.5. The van der Waals surface area contributed by atoms with Gasteiger partial charge in [-0.15, -0.1) is 0 Å². The summed E-state index contributed by atoms with van der Waals surface area (Å²) in [5, 5.41) is 2.96. The molecule has 0 aromatic heterocycles. The van der Waals surface area contributed by atoms with Gasteiger partial charge in [-0.05, 0) is 44.2 Å². The van der Waals surface area contributed by atoms with E-state index >= 15 is 0 Å². The maximum Gasteiger partial charge on any atom is 0.226 e. The van der Waals surface area contributed by atoms with Gasteiger partial charge in [-0.1, -0.05) is 12.8 Å². The zero-order valence-corrected chi connectivity index (χ0v) is 16.6. The number of nitrogens with zero attached hydrogens (tertiary/aromatic N) is 3. The first-order valence-corrected chi connectivity index (χ1v) is 10.1. The third kappa shape index (κ3) is 5.45. The number of piperazine rings is 1. The van der Waals surface area contributed by atoms with E-state index in [0.717, 1.165) is 44.7 Å². The number of rotatable bonds is 6. The molecule has 1 N–H and O–H groups in total. The fourth-order valence-electron chi connectivity index (χ4n) is 4.08. The summed E-state index contributed by atoms with van der Waals surface area (Å²) in [7, 11) is 2.15. The molecule has 1 aromatic rings. The van der Waals surface area contributed by atoms with Gasteiger partial charge in [-0.2, -0.15) is 0 Å². The summed E-state index contributed by atoms with van der Waals surface area (Å²) in [6.07, 6.45) is 4.83. The van der Waals surface area contributed by atoms with Crippen LogP contribution in [0.2, 0.25) is 0 Å². The van der Waals surface area contributed by atoms with Gasteiger partial charge in [0, 0.05) is 63.5 Å². The lowest BCUT2D eigenvalue weighted by Crippen LogP contribution is -2.44. The van der Waals surface area contributed by atoms with Crippen molar-refractivity contribution in [3.63, 3.8) is 0 Å². The van der Waals surface area contributed by atoms with Gasteiger partial charge < -0.3 is 20.0 Å². The van der Waals surface area contributed by atoms with Crippen molar-refractivity contribution in [2.24, 2.45) is 0 Å². The molecule has 148 valence electrons. The number of carbonyl (C=O) groups excluding carboxylic acids is 2. The number of hydrogen-bond donors (Lipinski definition) is 1. The van der Waals surface area contributed by atoms with Crippen LogP contribution < -0.4 is 10.2 Å². The van der Waals surface area contributed by atoms with Crippen molar-refractivity contribution in [2.45, 2.75) is 45.1 Å². The number of likely N-dealkylation sites (N-methyl/N-ethyl adjacent to an activating group) is 1. The predicted molar refractivity (Wildman–Crippen MR) is 109 cm³/mol. The molecule has 3 rings (SSSR count). The molecule has 27 heavy (non-hydrogen) atoms. The molecule has 1 saturated heterocycles. The number of amides is 2. The van der Waals surface area contributed by atoms with E-state index < -0.39 is 0 Å². The molecule has 0 spiro atoms. The maximum atomic E-state index is 12.3. The summed E-state index contributed by atoms with van der Waals surface area (Å²) in [4.78, 5) is 30.8. The monoisotopic (exact) mass is 372 g/mol. The Balaban J connectivity index is 1.48. The Morgan fingerprint density at radius 1 is 1.07 bits per heavy atom. The van der Waals surface area contributed by atoms with Crippen LogP contribution in [0.3, 0.4) is 0 Å². The number of nitrogens with one attached hydrogen (secondary N) is 1. The average Bonchev–Trinajstić information content (AvgIpc) is 3.17.